The molecule has 0 radical (unpaired) electrons. The summed E-state index contributed by atoms with van der Waals surface area (Å²) in [5.74, 6) is -0.675. The monoisotopic (exact) mass is 277 g/mol. The van der Waals surface area contributed by atoms with Gasteiger partial charge >= 0.3 is 0 Å². The molecule has 0 aliphatic carbocycles. The average molecular weight is 277 g/mol. The lowest BCUT2D eigenvalue weighted by atomic mass is 10.2. The van der Waals surface area contributed by atoms with Crippen LogP contribution in [0.15, 0.2) is 29.6 Å². The number of thiophene rings is 1. The van der Waals surface area contributed by atoms with E-state index >= 15 is 0 Å². The largest absolute Gasteiger partial charge is 0.372 e. The summed E-state index contributed by atoms with van der Waals surface area (Å²) in [4.78, 5) is 11.0. The third-order valence-electron chi connectivity index (χ3n) is 2.41. The van der Waals surface area contributed by atoms with Crippen molar-refractivity contribution in [2.45, 2.75) is 6.54 Å². The maximum Gasteiger partial charge on any atom is 0.295 e. The van der Waals surface area contributed by atoms with E-state index in [1.807, 2.05) is 6.07 Å². The molecule has 96 valence electrons. The Hall–Kier alpha value is -2.46. The van der Waals surface area contributed by atoms with Crippen LogP contribution in [0.5, 0.6) is 0 Å². The van der Waals surface area contributed by atoms with E-state index < -0.39 is 10.7 Å². The molecule has 2 aromatic rings. The minimum Gasteiger partial charge on any atom is -0.372 e. The molecule has 0 unspecified atom stereocenters. The zero-order valence-corrected chi connectivity index (χ0v) is 10.4. The van der Waals surface area contributed by atoms with Crippen LogP contribution in [0.4, 0.5) is 15.8 Å². The first-order valence-electron chi connectivity index (χ1n) is 5.26. The Balaban J connectivity index is 2.19. The highest BCUT2D eigenvalue weighted by molar-refractivity contribution is 7.10. The number of nitro benzene ring substituents is 1. The first-order chi connectivity index (χ1) is 9.11. The van der Waals surface area contributed by atoms with E-state index in [9.17, 15) is 14.5 Å². The fourth-order valence-electron chi connectivity index (χ4n) is 1.55. The molecule has 0 atom stereocenters. The van der Waals surface area contributed by atoms with E-state index in [4.69, 9.17) is 5.26 Å². The summed E-state index contributed by atoms with van der Waals surface area (Å²) in [6, 6.07) is 7.33. The molecule has 7 heteroatoms. The Morgan fingerprint density at radius 1 is 1.53 bits per heavy atom. The summed E-state index contributed by atoms with van der Waals surface area (Å²) < 4.78 is 13.6. The molecule has 0 fully saturated rings. The number of rotatable bonds is 4. The maximum atomic E-state index is 13.6. The van der Waals surface area contributed by atoms with Crippen molar-refractivity contribution in [3.8, 4) is 6.07 Å². The number of para-hydroxylation sites is 1. The molecule has 2 rings (SSSR count). The van der Waals surface area contributed by atoms with Crippen molar-refractivity contribution in [1.29, 1.82) is 5.26 Å². The highest BCUT2D eigenvalue weighted by Gasteiger charge is 2.17. The summed E-state index contributed by atoms with van der Waals surface area (Å²) in [6.07, 6.45) is 0. The summed E-state index contributed by atoms with van der Waals surface area (Å²) in [5, 5.41) is 23.9. The standard InChI is InChI=1S/C12H8FN3O2S/c13-10-2-1-3-11(16(17)18)12(10)15-6-9-4-8(5-14)7-19-9/h1-4,7,15H,6H2. The molecule has 1 heterocycles. The third-order valence-corrected chi connectivity index (χ3v) is 3.35. The van der Waals surface area contributed by atoms with E-state index in [2.05, 4.69) is 5.32 Å². The van der Waals surface area contributed by atoms with Gasteiger partial charge in [0.15, 0.2) is 5.82 Å². The minimum absolute atomic E-state index is 0.139. The number of nitriles is 1. The van der Waals surface area contributed by atoms with Crippen molar-refractivity contribution in [2.75, 3.05) is 5.32 Å². The number of anilines is 1. The van der Waals surface area contributed by atoms with Crippen LogP contribution in [-0.2, 0) is 6.54 Å². The second kappa shape index (κ2) is 5.46. The number of hydrogen-bond donors (Lipinski definition) is 1. The molecule has 0 amide bonds. The second-order valence-electron chi connectivity index (χ2n) is 3.66. The molecule has 0 saturated heterocycles. The van der Waals surface area contributed by atoms with E-state index in [0.29, 0.717) is 5.56 Å². The van der Waals surface area contributed by atoms with Crippen molar-refractivity contribution < 1.29 is 9.31 Å². The zero-order chi connectivity index (χ0) is 13.8. The van der Waals surface area contributed by atoms with Crippen molar-refractivity contribution in [3.63, 3.8) is 0 Å². The fraction of sp³-hybridized carbons (Fsp3) is 0.0833. The molecular formula is C12H8FN3O2S. The third kappa shape index (κ3) is 2.86. The van der Waals surface area contributed by atoms with E-state index in [1.54, 1.807) is 11.4 Å². The smallest absolute Gasteiger partial charge is 0.295 e. The summed E-state index contributed by atoms with van der Waals surface area (Å²) >= 11 is 1.34. The van der Waals surface area contributed by atoms with Crippen LogP contribution in [0.2, 0.25) is 0 Å². The molecule has 5 nitrogen and oxygen atoms in total. The van der Waals surface area contributed by atoms with Crippen molar-refractivity contribution in [2.24, 2.45) is 0 Å². The summed E-state index contributed by atoms with van der Waals surface area (Å²) in [6.45, 7) is 0.230. The van der Waals surface area contributed by atoms with E-state index in [-0.39, 0.29) is 17.9 Å². The van der Waals surface area contributed by atoms with Crippen LogP contribution in [0, 0.1) is 27.3 Å². The van der Waals surface area contributed by atoms with Crippen LogP contribution in [0.1, 0.15) is 10.4 Å². The summed E-state index contributed by atoms with van der Waals surface area (Å²) in [5.41, 5.74) is 0.0707. The Kier molecular flexibility index (Phi) is 3.73. The number of nitrogens with zero attached hydrogens (tertiary/aromatic N) is 2. The van der Waals surface area contributed by atoms with Gasteiger partial charge in [0, 0.05) is 22.9 Å². The van der Waals surface area contributed by atoms with E-state index in [0.717, 1.165) is 10.9 Å². The predicted molar refractivity (Wildman–Crippen MR) is 69.4 cm³/mol. The highest BCUT2D eigenvalue weighted by atomic mass is 32.1. The quantitative estimate of drug-likeness (QED) is 0.687. The lowest BCUT2D eigenvalue weighted by molar-refractivity contribution is -0.384. The normalized spacial score (nSPS) is 9.89. The van der Waals surface area contributed by atoms with Crippen LogP contribution in [0.3, 0.4) is 0 Å². The Morgan fingerprint density at radius 3 is 2.95 bits per heavy atom. The average Bonchev–Trinajstić information content (AvgIpc) is 2.85. The van der Waals surface area contributed by atoms with E-state index in [1.165, 1.54) is 23.5 Å². The number of benzene rings is 1. The van der Waals surface area contributed by atoms with Crippen LogP contribution in [0.25, 0.3) is 0 Å². The van der Waals surface area contributed by atoms with Crippen molar-refractivity contribution in [3.05, 3.63) is 56.0 Å². The van der Waals surface area contributed by atoms with Crippen molar-refractivity contribution >= 4 is 22.7 Å². The predicted octanol–water partition coefficient (Wildman–Crippen LogP) is 3.28. The van der Waals surface area contributed by atoms with Crippen molar-refractivity contribution in [1.82, 2.24) is 0 Å². The van der Waals surface area contributed by atoms with Gasteiger partial charge in [-0.15, -0.1) is 11.3 Å². The van der Waals surface area contributed by atoms with Gasteiger partial charge in [-0.3, -0.25) is 10.1 Å². The topological polar surface area (TPSA) is 79.0 Å². The van der Waals surface area contributed by atoms with Crippen LogP contribution in [-0.4, -0.2) is 4.92 Å². The van der Waals surface area contributed by atoms with Gasteiger partial charge in [-0.25, -0.2) is 4.39 Å². The number of hydrogen-bond acceptors (Lipinski definition) is 5. The summed E-state index contributed by atoms with van der Waals surface area (Å²) in [7, 11) is 0. The van der Waals surface area contributed by atoms with Gasteiger partial charge in [0.25, 0.3) is 5.69 Å². The molecule has 19 heavy (non-hydrogen) atoms. The van der Waals surface area contributed by atoms with Gasteiger partial charge in [-0.05, 0) is 12.1 Å². The van der Waals surface area contributed by atoms with Gasteiger partial charge in [0.05, 0.1) is 10.5 Å². The Bertz CT molecular complexity index is 663. The first-order valence-corrected chi connectivity index (χ1v) is 6.14. The number of nitrogens with one attached hydrogen (secondary N) is 1. The lowest BCUT2D eigenvalue weighted by Crippen LogP contribution is -2.03. The van der Waals surface area contributed by atoms with Gasteiger partial charge < -0.3 is 5.32 Å². The van der Waals surface area contributed by atoms with Gasteiger partial charge in [-0.2, -0.15) is 5.26 Å². The van der Waals surface area contributed by atoms with Gasteiger partial charge in [-0.1, -0.05) is 6.07 Å². The molecule has 0 bridgehead atoms. The molecule has 1 aromatic heterocycles. The molecule has 0 aliphatic heterocycles. The zero-order valence-electron chi connectivity index (χ0n) is 9.59. The Morgan fingerprint density at radius 2 is 2.32 bits per heavy atom. The van der Waals surface area contributed by atoms with Crippen LogP contribution < -0.4 is 5.32 Å². The Labute approximate surface area is 112 Å². The molecule has 0 spiro atoms. The first kappa shape index (κ1) is 13.0. The lowest BCUT2D eigenvalue weighted by Gasteiger charge is -2.06. The molecule has 0 saturated carbocycles. The minimum atomic E-state index is -0.675. The van der Waals surface area contributed by atoms with Gasteiger partial charge in [0.2, 0.25) is 0 Å². The SMILES string of the molecule is N#Cc1csc(CNc2c(F)cccc2[N+](=O)[O-])c1. The molecule has 1 aromatic carbocycles. The highest BCUT2D eigenvalue weighted by Crippen LogP contribution is 2.28. The van der Waals surface area contributed by atoms with Gasteiger partial charge in [0.1, 0.15) is 11.8 Å². The molecule has 1 N–H and O–H groups in total. The number of nitro groups is 1. The second-order valence-corrected chi connectivity index (χ2v) is 4.65. The number of halogens is 1. The fourth-order valence-corrected chi connectivity index (χ4v) is 2.30. The maximum absolute atomic E-state index is 13.6. The molecular weight excluding hydrogens is 269 g/mol. The molecule has 0 aliphatic rings. The van der Waals surface area contributed by atoms with Crippen LogP contribution >= 0.6 is 11.3 Å².